The lowest BCUT2D eigenvalue weighted by Gasteiger charge is -2.34. The highest BCUT2D eigenvalue weighted by molar-refractivity contribution is 5.28. The Morgan fingerprint density at radius 2 is 2.00 bits per heavy atom. The third-order valence-corrected chi connectivity index (χ3v) is 4.01. The second-order valence-electron chi connectivity index (χ2n) is 6.17. The summed E-state index contributed by atoms with van der Waals surface area (Å²) >= 11 is 0. The van der Waals surface area contributed by atoms with Gasteiger partial charge in [0.2, 0.25) is 0 Å². The minimum absolute atomic E-state index is 0.216. The molecule has 0 radical (unpaired) electrons. The molecule has 1 heterocycles. The molecule has 2 nitrogen and oxygen atoms in total. The van der Waals surface area contributed by atoms with Crippen LogP contribution in [0.4, 0.5) is 0 Å². The topological polar surface area (TPSA) is 15.3 Å². The Morgan fingerprint density at radius 3 is 2.72 bits per heavy atom. The molecular formula is C16H26N2. The molecule has 1 atom stereocenters. The maximum Gasteiger partial charge on any atom is 0.0323 e. The third-order valence-electron chi connectivity index (χ3n) is 4.01. The number of benzene rings is 1. The second kappa shape index (κ2) is 5.41. The predicted molar refractivity (Wildman–Crippen MR) is 77.9 cm³/mol. The number of aryl methyl sites for hydroxylation is 1. The zero-order valence-corrected chi connectivity index (χ0v) is 12.2. The Balaban J connectivity index is 2.17. The normalized spacial score (nSPS) is 22.4. The Bertz CT molecular complexity index is 398. The maximum atomic E-state index is 3.63. The minimum atomic E-state index is 0.216. The molecular weight excluding hydrogens is 220 g/mol. The lowest BCUT2D eigenvalue weighted by Crippen LogP contribution is -2.46. The Hall–Kier alpha value is -0.860. The summed E-state index contributed by atoms with van der Waals surface area (Å²) in [7, 11) is 0. The molecule has 1 aliphatic heterocycles. The lowest BCUT2D eigenvalue weighted by molar-refractivity contribution is 0.180. The molecule has 0 spiro atoms. The number of hydrogen-bond acceptors (Lipinski definition) is 2. The summed E-state index contributed by atoms with van der Waals surface area (Å²) < 4.78 is 0. The van der Waals surface area contributed by atoms with E-state index in [4.69, 9.17) is 0 Å². The van der Waals surface area contributed by atoms with E-state index in [0.717, 1.165) is 13.1 Å². The largest absolute Gasteiger partial charge is 0.310 e. The molecule has 0 bridgehead atoms. The summed E-state index contributed by atoms with van der Waals surface area (Å²) in [6, 6.07) is 9.27. The van der Waals surface area contributed by atoms with Crippen LogP contribution in [-0.4, -0.2) is 30.1 Å². The smallest absolute Gasteiger partial charge is 0.0323 e. The molecule has 1 aromatic rings. The van der Waals surface area contributed by atoms with Gasteiger partial charge in [-0.05, 0) is 51.8 Å². The summed E-state index contributed by atoms with van der Waals surface area (Å²) in [5.74, 6) is 0. The van der Waals surface area contributed by atoms with Crippen molar-refractivity contribution in [2.75, 3.05) is 19.6 Å². The van der Waals surface area contributed by atoms with Gasteiger partial charge in [-0.3, -0.25) is 4.90 Å². The fraction of sp³-hybridized carbons (Fsp3) is 0.625. The van der Waals surface area contributed by atoms with E-state index >= 15 is 0 Å². The fourth-order valence-electron chi connectivity index (χ4n) is 2.93. The van der Waals surface area contributed by atoms with Gasteiger partial charge in [0.05, 0.1) is 0 Å². The molecule has 1 saturated heterocycles. The molecule has 1 fully saturated rings. The molecule has 0 aliphatic carbocycles. The number of rotatable bonds is 2. The van der Waals surface area contributed by atoms with Crippen LogP contribution >= 0.6 is 0 Å². The van der Waals surface area contributed by atoms with Crippen molar-refractivity contribution < 1.29 is 0 Å². The first-order valence-electron chi connectivity index (χ1n) is 7.04. The van der Waals surface area contributed by atoms with Crippen LogP contribution in [0, 0.1) is 6.92 Å². The second-order valence-corrected chi connectivity index (χ2v) is 6.17. The van der Waals surface area contributed by atoms with Crippen LogP contribution < -0.4 is 5.32 Å². The van der Waals surface area contributed by atoms with Gasteiger partial charge in [0.15, 0.2) is 0 Å². The van der Waals surface area contributed by atoms with Crippen LogP contribution in [0.1, 0.15) is 44.4 Å². The Kier molecular flexibility index (Phi) is 4.08. The van der Waals surface area contributed by atoms with Gasteiger partial charge >= 0.3 is 0 Å². The molecule has 0 saturated carbocycles. The van der Waals surface area contributed by atoms with Crippen LogP contribution in [0.15, 0.2) is 24.3 Å². The SMILES string of the molecule is Cc1ccccc1C(C)N1CCCNC(C)(C)C1. The van der Waals surface area contributed by atoms with Gasteiger partial charge in [0.25, 0.3) is 0 Å². The average Bonchev–Trinajstić information content (AvgIpc) is 2.50. The Morgan fingerprint density at radius 1 is 1.28 bits per heavy atom. The van der Waals surface area contributed by atoms with Gasteiger partial charge in [-0.2, -0.15) is 0 Å². The first kappa shape index (κ1) is 13.6. The highest BCUT2D eigenvalue weighted by Gasteiger charge is 2.27. The average molecular weight is 246 g/mol. The van der Waals surface area contributed by atoms with Crippen LogP contribution in [0.25, 0.3) is 0 Å². The van der Waals surface area contributed by atoms with Crippen molar-refractivity contribution in [1.29, 1.82) is 0 Å². The molecule has 1 unspecified atom stereocenters. The lowest BCUT2D eigenvalue weighted by atomic mass is 9.99. The van der Waals surface area contributed by atoms with Crippen molar-refractivity contribution in [3.63, 3.8) is 0 Å². The zero-order valence-electron chi connectivity index (χ0n) is 12.2. The summed E-state index contributed by atoms with van der Waals surface area (Å²) in [5.41, 5.74) is 3.09. The highest BCUT2D eigenvalue weighted by atomic mass is 15.2. The van der Waals surface area contributed by atoms with Gasteiger partial charge in [-0.1, -0.05) is 24.3 Å². The van der Waals surface area contributed by atoms with E-state index in [1.807, 2.05) is 0 Å². The zero-order chi connectivity index (χ0) is 13.2. The maximum absolute atomic E-state index is 3.63. The van der Waals surface area contributed by atoms with Crippen molar-refractivity contribution in [2.45, 2.75) is 45.7 Å². The van der Waals surface area contributed by atoms with Crippen molar-refractivity contribution in [3.05, 3.63) is 35.4 Å². The molecule has 1 aromatic carbocycles. The Labute approximate surface area is 111 Å². The number of nitrogens with one attached hydrogen (secondary N) is 1. The molecule has 2 rings (SSSR count). The number of hydrogen-bond donors (Lipinski definition) is 1. The number of nitrogens with zero attached hydrogens (tertiary/aromatic N) is 1. The van der Waals surface area contributed by atoms with Gasteiger partial charge < -0.3 is 5.32 Å². The summed E-state index contributed by atoms with van der Waals surface area (Å²) in [4.78, 5) is 2.61. The van der Waals surface area contributed by atoms with E-state index in [9.17, 15) is 0 Å². The minimum Gasteiger partial charge on any atom is -0.310 e. The van der Waals surface area contributed by atoms with Gasteiger partial charge in [0.1, 0.15) is 0 Å². The van der Waals surface area contributed by atoms with E-state index in [0.29, 0.717) is 6.04 Å². The first-order valence-corrected chi connectivity index (χ1v) is 7.04. The summed E-state index contributed by atoms with van der Waals surface area (Å²) in [6.45, 7) is 12.6. The molecule has 1 aliphatic rings. The predicted octanol–water partition coefficient (Wildman–Crippen LogP) is 3.13. The molecule has 1 N–H and O–H groups in total. The molecule has 18 heavy (non-hydrogen) atoms. The molecule has 0 amide bonds. The van der Waals surface area contributed by atoms with Gasteiger partial charge in [-0.25, -0.2) is 0 Å². The quantitative estimate of drug-likeness (QED) is 0.862. The van der Waals surface area contributed by atoms with Crippen LogP contribution in [0.3, 0.4) is 0 Å². The molecule has 2 heteroatoms. The van der Waals surface area contributed by atoms with E-state index in [1.54, 1.807) is 0 Å². The highest BCUT2D eigenvalue weighted by Crippen LogP contribution is 2.26. The molecule has 100 valence electrons. The van der Waals surface area contributed by atoms with E-state index in [-0.39, 0.29) is 5.54 Å². The van der Waals surface area contributed by atoms with Crippen molar-refractivity contribution in [3.8, 4) is 0 Å². The summed E-state index contributed by atoms with van der Waals surface area (Å²) in [6.07, 6.45) is 1.24. The van der Waals surface area contributed by atoms with Crippen LogP contribution in [0.2, 0.25) is 0 Å². The van der Waals surface area contributed by atoms with Crippen molar-refractivity contribution in [2.24, 2.45) is 0 Å². The first-order chi connectivity index (χ1) is 8.49. The van der Waals surface area contributed by atoms with Crippen molar-refractivity contribution in [1.82, 2.24) is 10.2 Å². The third kappa shape index (κ3) is 3.12. The van der Waals surface area contributed by atoms with Crippen LogP contribution in [0.5, 0.6) is 0 Å². The van der Waals surface area contributed by atoms with Crippen LogP contribution in [-0.2, 0) is 0 Å². The van der Waals surface area contributed by atoms with Gasteiger partial charge in [-0.15, -0.1) is 0 Å². The van der Waals surface area contributed by atoms with Gasteiger partial charge in [0, 0.05) is 24.7 Å². The van der Waals surface area contributed by atoms with E-state index < -0.39 is 0 Å². The standard InChI is InChI=1S/C16H26N2/c1-13-8-5-6-9-15(13)14(2)18-11-7-10-17-16(3,4)12-18/h5-6,8-9,14,17H,7,10-12H2,1-4H3. The van der Waals surface area contributed by atoms with E-state index in [1.165, 1.54) is 24.1 Å². The monoisotopic (exact) mass is 246 g/mol. The van der Waals surface area contributed by atoms with Crippen molar-refractivity contribution >= 4 is 0 Å². The fourth-order valence-corrected chi connectivity index (χ4v) is 2.93. The summed E-state index contributed by atoms with van der Waals surface area (Å²) in [5, 5.41) is 3.63. The van der Waals surface area contributed by atoms with E-state index in [2.05, 4.69) is 62.2 Å². The molecule has 0 aromatic heterocycles.